The van der Waals surface area contributed by atoms with Gasteiger partial charge >= 0.3 is 0 Å². The van der Waals surface area contributed by atoms with E-state index in [0.717, 1.165) is 12.1 Å². The monoisotopic (exact) mass is 209 g/mol. The van der Waals surface area contributed by atoms with Crippen LogP contribution in [0.5, 0.6) is 0 Å². The zero-order valence-corrected chi connectivity index (χ0v) is 9.76. The fourth-order valence-corrected chi connectivity index (χ4v) is 1.39. The number of hydrogen-bond acceptors (Lipinski definition) is 1. The fourth-order valence-electron chi connectivity index (χ4n) is 1.39. The standard InChI is InChI=1S/C13H20FN/c1-4-10(2)9-15-11(3)12-5-7-13(14)8-6-12/h5-8,10-11,15H,4,9H2,1-3H3/t10?,11-/m0/s1. The predicted octanol–water partition coefficient (Wildman–Crippen LogP) is 3.52. The lowest BCUT2D eigenvalue weighted by Crippen LogP contribution is -2.24. The van der Waals surface area contributed by atoms with Gasteiger partial charge in [-0.1, -0.05) is 32.4 Å². The van der Waals surface area contributed by atoms with Crippen LogP contribution in [0.3, 0.4) is 0 Å². The summed E-state index contributed by atoms with van der Waals surface area (Å²) in [6.45, 7) is 7.53. The lowest BCUT2D eigenvalue weighted by atomic mass is 10.1. The zero-order valence-electron chi connectivity index (χ0n) is 9.76. The fraction of sp³-hybridized carbons (Fsp3) is 0.538. The molecule has 0 amide bonds. The maximum absolute atomic E-state index is 12.7. The van der Waals surface area contributed by atoms with Crippen LogP contribution in [-0.4, -0.2) is 6.54 Å². The minimum atomic E-state index is -0.173. The van der Waals surface area contributed by atoms with Crippen LogP contribution in [0, 0.1) is 11.7 Å². The van der Waals surface area contributed by atoms with E-state index in [-0.39, 0.29) is 5.82 Å². The van der Waals surface area contributed by atoms with Gasteiger partial charge in [-0.2, -0.15) is 0 Å². The Balaban J connectivity index is 2.46. The molecule has 0 bridgehead atoms. The molecular weight excluding hydrogens is 189 g/mol. The second-order valence-corrected chi connectivity index (χ2v) is 4.19. The number of hydrogen-bond donors (Lipinski definition) is 1. The number of nitrogens with one attached hydrogen (secondary N) is 1. The third-order valence-electron chi connectivity index (χ3n) is 2.84. The van der Waals surface area contributed by atoms with E-state index in [4.69, 9.17) is 0 Å². The normalized spacial score (nSPS) is 14.9. The molecule has 2 heteroatoms. The van der Waals surface area contributed by atoms with Gasteiger partial charge in [0.2, 0.25) is 0 Å². The Morgan fingerprint density at radius 1 is 1.20 bits per heavy atom. The van der Waals surface area contributed by atoms with Crippen LogP contribution < -0.4 is 5.32 Å². The van der Waals surface area contributed by atoms with E-state index in [0.29, 0.717) is 12.0 Å². The van der Waals surface area contributed by atoms with Gasteiger partial charge in [-0.3, -0.25) is 0 Å². The van der Waals surface area contributed by atoms with E-state index < -0.39 is 0 Å². The summed E-state index contributed by atoms with van der Waals surface area (Å²) in [5.41, 5.74) is 1.14. The summed E-state index contributed by atoms with van der Waals surface area (Å²) < 4.78 is 12.7. The Labute approximate surface area is 91.7 Å². The van der Waals surface area contributed by atoms with Crippen LogP contribution in [0.25, 0.3) is 0 Å². The Morgan fingerprint density at radius 3 is 2.33 bits per heavy atom. The molecule has 2 atom stereocenters. The Hall–Kier alpha value is -0.890. The molecule has 0 spiro atoms. The van der Waals surface area contributed by atoms with Crippen LogP contribution in [0.15, 0.2) is 24.3 Å². The summed E-state index contributed by atoms with van der Waals surface area (Å²) in [7, 11) is 0. The van der Waals surface area contributed by atoms with Crippen molar-refractivity contribution in [3.05, 3.63) is 35.6 Å². The smallest absolute Gasteiger partial charge is 0.123 e. The van der Waals surface area contributed by atoms with Crippen LogP contribution in [0.4, 0.5) is 4.39 Å². The van der Waals surface area contributed by atoms with Gasteiger partial charge < -0.3 is 5.32 Å². The van der Waals surface area contributed by atoms with E-state index in [9.17, 15) is 4.39 Å². The number of rotatable bonds is 5. The first-order chi connectivity index (χ1) is 7.13. The van der Waals surface area contributed by atoms with Gasteiger partial charge in [0, 0.05) is 6.04 Å². The summed E-state index contributed by atoms with van der Waals surface area (Å²) in [4.78, 5) is 0. The van der Waals surface area contributed by atoms with Gasteiger partial charge in [-0.05, 0) is 37.1 Å². The molecule has 1 N–H and O–H groups in total. The maximum atomic E-state index is 12.7. The Morgan fingerprint density at radius 2 is 1.80 bits per heavy atom. The highest BCUT2D eigenvalue weighted by Crippen LogP contribution is 2.13. The van der Waals surface area contributed by atoms with Crippen LogP contribution in [0.1, 0.15) is 38.8 Å². The van der Waals surface area contributed by atoms with Crippen molar-refractivity contribution in [2.75, 3.05) is 6.54 Å². The van der Waals surface area contributed by atoms with Crippen molar-refractivity contribution in [3.8, 4) is 0 Å². The minimum absolute atomic E-state index is 0.173. The van der Waals surface area contributed by atoms with Gasteiger partial charge in [0.05, 0.1) is 0 Å². The van der Waals surface area contributed by atoms with Crippen molar-refractivity contribution in [2.45, 2.75) is 33.2 Å². The lowest BCUT2D eigenvalue weighted by Gasteiger charge is -2.17. The quantitative estimate of drug-likeness (QED) is 0.782. The highest BCUT2D eigenvalue weighted by Gasteiger charge is 2.06. The molecule has 0 aliphatic heterocycles. The van der Waals surface area contributed by atoms with E-state index in [2.05, 4.69) is 26.1 Å². The molecule has 0 saturated carbocycles. The van der Waals surface area contributed by atoms with E-state index >= 15 is 0 Å². The molecular formula is C13H20FN. The molecule has 1 aromatic rings. The number of benzene rings is 1. The van der Waals surface area contributed by atoms with Crippen molar-refractivity contribution in [2.24, 2.45) is 5.92 Å². The topological polar surface area (TPSA) is 12.0 Å². The minimum Gasteiger partial charge on any atom is -0.310 e. The largest absolute Gasteiger partial charge is 0.310 e. The van der Waals surface area contributed by atoms with E-state index in [1.54, 1.807) is 0 Å². The average Bonchev–Trinajstić information content (AvgIpc) is 2.26. The molecule has 1 nitrogen and oxygen atoms in total. The van der Waals surface area contributed by atoms with Gasteiger partial charge in [-0.25, -0.2) is 4.39 Å². The van der Waals surface area contributed by atoms with Crippen LogP contribution >= 0.6 is 0 Å². The van der Waals surface area contributed by atoms with E-state index in [1.165, 1.54) is 18.6 Å². The molecule has 1 aromatic carbocycles. The van der Waals surface area contributed by atoms with Gasteiger partial charge in [0.15, 0.2) is 0 Å². The van der Waals surface area contributed by atoms with Gasteiger partial charge in [-0.15, -0.1) is 0 Å². The SMILES string of the molecule is CCC(C)CN[C@@H](C)c1ccc(F)cc1. The van der Waals surface area contributed by atoms with Gasteiger partial charge in [0.25, 0.3) is 0 Å². The first kappa shape index (κ1) is 12.2. The third kappa shape index (κ3) is 4.00. The summed E-state index contributed by atoms with van der Waals surface area (Å²) in [6, 6.07) is 6.99. The highest BCUT2D eigenvalue weighted by atomic mass is 19.1. The molecule has 0 saturated heterocycles. The second kappa shape index (κ2) is 5.86. The maximum Gasteiger partial charge on any atom is 0.123 e. The molecule has 0 heterocycles. The molecule has 0 fully saturated rings. The summed E-state index contributed by atoms with van der Waals surface area (Å²) in [5.74, 6) is 0.515. The second-order valence-electron chi connectivity index (χ2n) is 4.19. The predicted molar refractivity (Wildman–Crippen MR) is 62.3 cm³/mol. The zero-order chi connectivity index (χ0) is 11.3. The Bertz CT molecular complexity index is 281. The summed E-state index contributed by atoms with van der Waals surface area (Å²) in [5, 5.41) is 3.45. The highest BCUT2D eigenvalue weighted by molar-refractivity contribution is 5.19. The van der Waals surface area contributed by atoms with Crippen molar-refractivity contribution in [3.63, 3.8) is 0 Å². The summed E-state index contributed by atoms with van der Waals surface area (Å²) >= 11 is 0. The van der Waals surface area contributed by atoms with Crippen LogP contribution in [0.2, 0.25) is 0 Å². The molecule has 1 unspecified atom stereocenters. The molecule has 15 heavy (non-hydrogen) atoms. The average molecular weight is 209 g/mol. The van der Waals surface area contributed by atoms with Crippen LogP contribution in [-0.2, 0) is 0 Å². The lowest BCUT2D eigenvalue weighted by molar-refractivity contribution is 0.460. The first-order valence-corrected chi connectivity index (χ1v) is 5.62. The van der Waals surface area contributed by atoms with Crippen molar-refractivity contribution in [1.82, 2.24) is 5.32 Å². The molecule has 1 rings (SSSR count). The molecule has 84 valence electrons. The molecule has 0 aromatic heterocycles. The first-order valence-electron chi connectivity index (χ1n) is 5.62. The molecule has 0 aliphatic carbocycles. The molecule has 0 radical (unpaired) electrons. The van der Waals surface area contributed by atoms with Crippen molar-refractivity contribution in [1.29, 1.82) is 0 Å². The number of halogens is 1. The van der Waals surface area contributed by atoms with Gasteiger partial charge in [0.1, 0.15) is 5.82 Å². The van der Waals surface area contributed by atoms with Crippen molar-refractivity contribution < 1.29 is 4.39 Å². The Kier molecular flexibility index (Phi) is 4.76. The summed E-state index contributed by atoms with van der Waals surface area (Å²) in [6.07, 6.45) is 1.18. The van der Waals surface area contributed by atoms with Crippen molar-refractivity contribution >= 4 is 0 Å². The third-order valence-corrected chi connectivity index (χ3v) is 2.84. The molecule has 0 aliphatic rings. The van der Waals surface area contributed by atoms with E-state index in [1.807, 2.05) is 12.1 Å².